The number of carbonyl (C=O) groups is 1. The SMILES string of the molecule is O=C(Cc1ccc(F)cc1F)N[C@@H]1CCOC[C@H]1OCc1cscn1. The minimum Gasteiger partial charge on any atom is -0.379 e. The number of amides is 1. The normalized spacial score (nSPS) is 20.4. The number of aromatic nitrogens is 1. The molecule has 0 radical (unpaired) electrons. The molecule has 2 heterocycles. The van der Waals surface area contributed by atoms with Crippen LogP contribution in [-0.2, 0) is 27.3 Å². The summed E-state index contributed by atoms with van der Waals surface area (Å²) < 4.78 is 37.8. The van der Waals surface area contributed by atoms with Gasteiger partial charge in [-0.3, -0.25) is 4.79 Å². The number of rotatable bonds is 6. The molecule has 0 saturated carbocycles. The van der Waals surface area contributed by atoms with Gasteiger partial charge in [-0.25, -0.2) is 13.8 Å². The van der Waals surface area contributed by atoms with Crippen LogP contribution in [0.5, 0.6) is 0 Å². The van der Waals surface area contributed by atoms with Crippen molar-refractivity contribution >= 4 is 17.2 Å². The largest absolute Gasteiger partial charge is 0.379 e. The molecule has 1 saturated heterocycles. The first kappa shape index (κ1) is 17.9. The van der Waals surface area contributed by atoms with E-state index in [0.717, 1.165) is 17.8 Å². The van der Waals surface area contributed by atoms with Gasteiger partial charge in [0.05, 0.1) is 36.9 Å². The number of hydrogen-bond acceptors (Lipinski definition) is 5. The zero-order valence-corrected chi connectivity index (χ0v) is 14.2. The Balaban J connectivity index is 1.55. The fourth-order valence-corrected chi connectivity index (χ4v) is 3.18. The van der Waals surface area contributed by atoms with Crippen molar-refractivity contribution < 1.29 is 23.0 Å². The highest BCUT2D eigenvalue weighted by atomic mass is 32.1. The van der Waals surface area contributed by atoms with Crippen molar-refractivity contribution in [2.75, 3.05) is 13.2 Å². The van der Waals surface area contributed by atoms with Gasteiger partial charge in [-0.2, -0.15) is 0 Å². The van der Waals surface area contributed by atoms with E-state index in [4.69, 9.17) is 9.47 Å². The Hall–Kier alpha value is -1.90. The highest BCUT2D eigenvalue weighted by Crippen LogP contribution is 2.15. The van der Waals surface area contributed by atoms with Gasteiger partial charge in [-0.15, -0.1) is 11.3 Å². The molecule has 25 heavy (non-hydrogen) atoms. The van der Waals surface area contributed by atoms with Gasteiger partial charge in [0.15, 0.2) is 0 Å². The number of thiazole rings is 1. The van der Waals surface area contributed by atoms with Crippen LogP contribution in [0.4, 0.5) is 8.78 Å². The summed E-state index contributed by atoms with van der Waals surface area (Å²) in [4.78, 5) is 16.4. The lowest BCUT2D eigenvalue weighted by atomic mass is 10.0. The molecule has 1 aromatic carbocycles. The van der Waals surface area contributed by atoms with E-state index in [9.17, 15) is 13.6 Å². The van der Waals surface area contributed by atoms with Gasteiger partial charge in [0.1, 0.15) is 17.7 Å². The smallest absolute Gasteiger partial charge is 0.224 e. The number of benzene rings is 1. The van der Waals surface area contributed by atoms with Gasteiger partial charge in [0.25, 0.3) is 0 Å². The predicted octanol–water partition coefficient (Wildman–Crippen LogP) is 2.45. The molecule has 8 heteroatoms. The van der Waals surface area contributed by atoms with Crippen molar-refractivity contribution in [1.82, 2.24) is 10.3 Å². The van der Waals surface area contributed by atoms with Gasteiger partial charge in [-0.1, -0.05) is 6.07 Å². The quantitative estimate of drug-likeness (QED) is 0.851. The second kappa shape index (κ2) is 8.46. The second-order valence-electron chi connectivity index (χ2n) is 5.78. The van der Waals surface area contributed by atoms with Gasteiger partial charge in [0.2, 0.25) is 5.91 Å². The number of halogens is 2. The molecule has 1 amide bonds. The molecule has 134 valence electrons. The average Bonchev–Trinajstić information content (AvgIpc) is 3.10. The van der Waals surface area contributed by atoms with Crippen molar-refractivity contribution in [3.63, 3.8) is 0 Å². The van der Waals surface area contributed by atoms with Crippen LogP contribution in [0.25, 0.3) is 0 Å². The van der Waals surface area contributed by atoms with Crippen molar-refractivity contribution in [3.8, 4) is 0 Å². The lowest BCUT2D eigenvalue weighted by molar-refractivity contribution is -0.126. The molecule has 1 fully saturated rings. The molecular formula is C17H18F2N2O3S. The summed E-state index contributed by atoms with van der Waals surface area (Å²) >= 11 is 1.49. The monoisotopic (exact) mass is 368 g/mol. The Morgan fingerprint density at radius 1 is 1.44 bits per heavy atom. The lowest BCUT2D eigenvalue weighted by Crippen LogP contribution is -2.50. The van der Waals surface area contributed by atoms with Crippen LogP contribution in [-0.4, -0.2) is 36.3 Å². The minimum absolute atomic E-state index is 0.151. The van der Waals surface area contributed by atoms with E-state index in [-0.39, 0.29) is 30.0 Å². The highest BCUT2D eigenvalue weighted by molar-refractivity contribution is 7.07. The summed E-state index contributed by atoms with van der Waals surface area (Å²) in [6.07, 6.45) is 0.166. The van der Waals surface area contributed by atoms with Crippen LogP contribution in [0.1, 0.15) is 17.7 Å². The Kier molecular flexibility index (Phi) is 6.06. The molecule has 5 nitrogen and oxygen atoms in total. The highest BCUT2D eigenvalue weighted by Gasteiger charge is 2.28. The van der Waals surface area contributed by atoms with Gasteiger partial charge < -0.3 is 14.8 Å². The Labute approximate surface area is 148 Å². The van der Waals surface area contributed by atoms with Gasteiger partial charge in [0, 0.05) is 18.1 Å². The van der Waals surface area contributed by atoms with Crippen molar-refractivity contribution in [2.24, 2.45) is 0 Å². The molecule has 1 aliphatic heterocycles. The Morgan fingerprint density at radius 3 is 3.08 bits per heavy atom. The van der Waals surface area contributed by atoms with Gasteiger partial charge in [-0.05, 0) is 18.1 Å². The zero-order valence-electron chi connectivity index (χ0n) is 13.4. The molecule has 1 N–H and O–H groups in total. The van der Waals surface area contributed by atoms with Crippen LogP contribution in [0.3, 0.4) is 0 Å². The van der Waals surface area contributed by atoms with Crippen LogP contribution in [0.15, 0.2) is 29.1 Å². The molecule has 0 aliphatic carbocycles. The zero-order chi connectivity index (χ0) is 17.6. The standard InChI is InChI=1S/C17H18F2N2O3S/c18-12-2-1-11(14(19)6-12)5-17(22)21-15-3-4-23-8-16(15)24-7-13-9-25-10-20-13/h1-2,6,9-10,15-16H,3-5,7-8H2,(H,21,22)/t15-,16-/m1/s1. The molecule has 2 atom stereocenters. The third-order valence-corrected chi connectivity index (χ3v) is 4.58. The summed E-state index contributed by atoms with van der Waals surface area (Å²) in [6, 6.07) is 2.98. The van der Waals surface area contributed by atoms with Crippen molar-refractivity contribution in [1.29, 1.82) is 0 Å². The minimum atomic E-state index is -0.724. The van der Waals surface area contributed by atoms with Gasteiger partial charge >= 0.3 is 0 Å². The summed E-state index contributed by atoms with van der Waals surface area (Å²) in [5.41, 5.74) is 2.71. The van der Waals surface area contributed by atoms with E-state index < -0.39 is 11.6 Å². The van der Waals surface area contributed by atoms with E-state index in [0.29, 0.717) is 26.2 Å². The first-order valence-corrected chi connectivity index (χ1v) is 8.86. The van der Waals surface area contributed by atoms with E-state index in [1.165, 1.54) is 17.4 Å². The fourth-order valence-electron chi connectivity index (χ4n) is 2.64. The molecule has 0 unspecified atom stereocenters. The first-order valence-electron chi connectivity index (χ1n) is 7.91. The number of nitrogens with one attached hydrogen (secondary N) is 1. The third-order valence-electron chi connectivity index (χ3n) is 3.95. The van der Waals surface area contributed by atoms with Crippen LogP contribution < -0.4 is 5.32 Å². The molecule has 0 bridgehead atoms. The van der Waals surface area contributed by atoms with E-state index in [1.807, 2.05) is 5.38 Å². The maximum atomic E-state index is 13.7. The molecule has 2 aromatic rings. The summed E-state index contributed by atoms with van der Waals surface area (Å²) in [5, 5.41) is 4.76. The maximum Gasteiger partial charge on any atom is 0.224 e. The Morgan fingerprint density at radius 2 is 2.32 bits per heavy atom. The summed E-state index contributed by atoms with van der Waals surface area (Å²) in [5.74, 6) is -1.72. The number of nitrogens with zero attached hydrogens (tertiary/aromatic N) is 1. The number of carbonyl (C=O) groups excluding carboxylic acids is 1. The average molecular weight is 368 g/mol. The summed E-state index contributed by atoms with van der Waals surface area (Å²) in [7, 11) is 0. The molecule has 3 rings (SSSR count). The van der Waals surface area contributed by atoms with E-state index in [2.05, 4.69) is 10.3 Å². The van der Waals surface area contributed by atoms with E-state index >= 15 is 0 Å². The van der Waals surface area contributed by atoms with Crippen molar-refractivity contribution in [2.45, 2.75) is 31.6 Å². The van der Waals surface area contributed by atoms with E-state index in [1.54, 1.807) is 5.51 Å². The summed E-state index contributed by atoms with van der Waals surface area (Å²) in [6.45, 7) is 1.24. The first-order chi connectivity index (χ1) is 12.1. The Bertz CT molecular complexity index is 712. The topological polar surface area (TPSA) is 60.5 Å². The number of ether oxygens (including phenoxy) is 2. The maximum absolute atomic E-state index is 13.7. The predicted molar refractivity (Wildman–Crippen MR) is 88.1 cm³/mol. The molecule has 1 aliphatic rings. The third kappa shape index (κ3) is 5.04. The fraction of sp³-hybridized carbons (Fsp3) is 0.412. The van der Waals surface area contributed by atoms with Crippen LogP contribution in [0, 0.1) is 11.6 Å². The number of hydrogen-bond donors (Lipinski definition) is 1. The molecule has 1 aromatic heterocycles. The molecular weight excluding hydrogens is 350 g/mol. The van der Waals surface area contributed by atoms with Crippen molar-refractivity contribution in [3.05, 3.63) is 52.0 Å². The second-order valence-corrected chi connectivity index (χ2v) is 6.50. The van der Waals surface area contributed by atoms with Crippen LogP contribution >= 0.6 is 11.3 Å². The van der Waals surface area contributed by atoms with Crippen LogP contribution in [0.2, 0.25) is 0 Å². The lowest BCUT2D eigenvalue weighted by Gasteiger charge is -2.32. The molecule has 0 spiro atoms.